The van der Waals surface area contributed by atoms with Crippen LogP contribution in [0.2, 0.25) is 0 Å². The van der Waals surface area contributed by atoms with Crippen molar-refractivity contribution in [1.82, 2.24) is 0 Å². The molecule has 0 unspecified atom stereocenters. The van der Waals surface area contributed by atoms with Crippen LogP contribution >= 0.6 is 28.6 Å². The minimum atomic E-state index is -2.05. The number of hydrogen-bond donors (Lipinski definition) is 0. The van der Waals surface area contributed by atoms with E-state index < -0.39 is 13.7 Å². The van der Waals surface area contributed by atoms with Crippen molar-refractivity contribution < 1.29 is 52.0 Å². The third-order valence-electron chi connectivity index (χ3n) is 0. The van der Waals surface area contributed by atoms with Crippen molar-refractivity contribution in [3.05, 3.63) is 0 Å². The average molecular weight is 419 g/mol. The van der Waals surface area contributed by atoms with Gasteiger partial charge in [-0.05, 0) is 0 Å². The molecule has 0 aromatic rings. The fraction of sp³-hybridized carbons (Fsp3) is 0. The second-order valence-corrected chi connectivity index (χ2v) is 11.9. The molecule has 0 spiro atoms. The molecule has 11 heavy (non-hydrogen) atoms. The van der Waals surface area contributed by atoms with Crippen molar-refractivity contribution in [2.75, 3.05) is 0 Å². The summed E-state index contributed by atoms with van der Waals surface area (Å²) in [6.07, 6.45) is 0. The van der Waals surface area contributed by atoms with Crippen molar-refractivity contribution >= 4 is 28.6 Å². The van der Waals surface area contributed by atoms with Crippen LogP contribution in [0.5, 0.6) is 0 Å². The fourth-order valence-electron chi connectivity index (χ4n) is 0. The topological polar surface area (TPSA) is 220 Å². The number of halogens is 3. The van der Waals surface area contributed by atoms with Gasteiger partial charge in [0.05, 0.1) is 0 Å². The molecule has 0 aliphatic carbocycles. The third-order valence-corrected chi connectivity index (χ3v) is 0. The van der Waals surface area contributed by atoms with E-state index in [4.69, 9.17) is 28.6 Å². The summed E-state index contributed by atoms with van der Waals surface area (Å²) < 4.78 is 0. The predicted molar refractivity (Wildman–Crippen MR) is 42.9 cm³/mol. The molecule has 0 fully saturated rings. The second-order valence-electron chi connectivity index (χ2n) is 0.162. The molecule has 0 aromatic carbocycles. The molecule has 0 aliphatic rings. The zero-order valence-corrected chi connectivity index (χ0v) is 10.00. The molecule has 14 N–H and O–H groups in total. The summed E-state index contributed by atoms with van der Waals surface area (Å²) in [6.45, 7) is 0. The first-order valence-corrected chi connectivity index (χ1v) is 10.5. The van der Waals surface area contributed by atoms with Crippen LogP contribution in [0.3, 0.4) is 0 Å². The molecular weight excluding hydrogens is 405 g/mol. The van der Waals surface area contributed by atoms with Crippen molar-refractivity contribution in [2.24, 2.45) is 0 Å². The van der Waals surface area contributed by atoms with E-state index in [-0.39, 0.29) is 38.3 Å². The first-order valence-electron chi connectivity index (χ1n) is 0.429. The van der Waals surface area contributed by atoms with E-state index in [9.17, 15) is 0 Å². The average Bonchev–Trinajstić information content (AvgIpc) is 0.811. The summed E-state index contributed by atoms with van der Waals surface area (Å²) in [5.74, 6) is 0. The van der Waals surface area contributed by atoms with E-state index in [1.165, 1.54) is 0 Å². The molecule has 7 nitrogen and oxygen atoms in total. The Balaban J connectivity index is -0.00000000214. The SMILES string of the molecule is O.O.O.O.O.O.O.[Cl][Re]([Cl])[Cl]. The van der Waals surface area contributed by atoms with Crippen molar-refractivity contribution in [3.63, 3.8) is 0 Å². The summed E-state index contributed by atoms with van der Waals surface area (Å²) >= 11 is -2.05. The summed E-state index contributed by atoms with van der Waals surface area (Å²) in [4.78, 5) is 0. The molecule has 0 radical (unpaired) electrons. The molecule has 0 atom stereocenters. The Hall–Kier alpha value is 1.25. The van der Waals surface area contributed by atoms with Gasteiger partial charge in [-0.15, -0.1) is 0 Å². The van der Waals surface area contributed by atoms with Gasteiger partial charge in [0, 0.05) is 0 Å². The van der Waals surface area contributed by atoms with E-state index >= 15 is 0 Å². The van der Waals surface area contributed by atoms with Crippen molar-refractivity contribution in [3.8, 4) is 0 Å². The van der Waals surface area contributed by atoms with Gasteiger partial charge in [-0.25, -0.2) is 0 Å². The standard InChI is InChI=1S/3ClH.7H2O.Re/h3*1H;7*1H2;/q;;;;;;;;;;+3/p-3. The predicted octanol–water partition coefficient (Wildman–Crippen LogP) is -3.71. The van der Waals surface area contributed by atoms with Gasteiger partial charge < -0.3 is 38.3 Å². The Morgan fingerprint density at radius 2 is 0.455 bits per heavy atom. The van der Waals surface area contributed by atoms with E-state index in [0.29, 0.717) is 0 Å². The number of hydrogen-bond acceptors (Lipinski definition) is 0. The Morgan fingerprint density at radius 3 is 0.455 bits per heavy atom. The Kier molecular flexibility index (Phi) is 510. The van der Waals surface area contributed by atoms with Gasteiger partial charge in [0.1, 0.15) is 0 Å². The van der Waals surface area contributed by atoms with Crippen LogP contribution in [-0.4, -0.2) is 38.3 Å². The van der Waals surface area contributed by atoms with Crippen LogP contribution in [0.4, 0.5) is 0 Å². The van der Waals surface area contributed by atoms with Crippen molar-refractivity contribution in [1.29, 1.82) is 0 Å². The van der Waals surface area contributed by atoms with E-state index in [2.05, 4.69) is 0 Å². The normalized spacial score (nSPS) is 4.09. The van der Waals surface area contributed by atoms with Crippen LogP contribution in [0.15, 0.2) is 0 Å². The minimum absolute atomic E-state index is 0. The number of rotatable bonds is 0. The second kappa shape index (κ2) is 65.4. The molecule has 0 bridgehead atoms. The van der Waals surface area contributed by atoms with Crippen molar-refractivity contribution in [2.45, 2.75) is 0 Å². The molecule has 0 aromatic heterocycles. The Bertz CT molecular complexity index is 18.4. The zero-order valence-electron chi connectivity index (χ0n) is 5.01. The van der Waals surface area contributed by atoms with Gasteiger partial charge >= 0.3 is 42.3 Å². The Morgan fingerprint density at radius 1 is 0.455 bits per heavy atom. The van der Waals surface area contributed by atoms with Crippen LogP contribution in [0.25, 0.3) is 0 Å². The molecular formula is H14Cl3O7Re. The van der Waals surface area contributed by atoms with Gasteiger partial charge in [0.2, 0.25) is 0 Å². The monoisotopic (exact) mass is 418 g/mol. The van der Waals surface area contributed by atoms with Crippen LogP contribution < -0.4 is 0 Å². The quantitative estimate of drug-likeness (QED) is 0.370. The van der Waals surface area contributed by atoms with Crippen LogP contribution in [0, 0.1) is 0 Å². The molecule has 11 heteroatoms. The maximum atomic E-state index is 4.99. The van der Waals surface area contributed by atoms with Gasteiger partial charge in [-0.3, -0.25) is 0 Å². The molecule has 0 rings (SSSR count). The van der Waals surface area contributed by atoms with Gasteiger partial charge in [0.25, 0.3) is 0 Å². The van der Waals surface area contributed by atoms with E-state index in [0.717, 1.165) is 0 Å². The fourth-order valence-corrected chi connectivity index (χ4v) is 0. The first kappa shape index (κ1) is 85.8. The molecule has 84 valence electrons. The third kappa shape index (κ3) is 614. The summed E-state index contributed by atoms with van der Waals surface area (Å²) in [6, 6.07) is 0. The Labute approximate surface area is 80.6 Å². The van der Waals surface area contributed by atoms with Gasteiger partial charge in [-0.1, -0.05) is 0 Å². The molecule has 0 heterocycles. The zero-order chi connectivity index (χ0) is 3.58. The van der Waals surface area contributed by atoms with Crippen LogP contribution in [0.1, 0.15) is 0 Å². The first-order chi connectivity index (χ1) is 1.73. The van der Waals surface area contributed by atoms with E-state index in [1.54, 1.807) is 0 Å². The van der Waals surface area contributed by atoms with Crippen LogP contribution in [-0.2, 0) is 13.7 Å². The van der Waals surface area contributed by atoms with Gasteiger partial charge in [-0.2, -0.15) is 0 Å². The molecule has 0 saturated heterocycles. The summed E-state index contributed by atoms with van der Waals surface area (Å²) in [5, 5.41) is 0. The molecule has 0 aliphatic heterocycles. The maximum absolute atomic E-state index is 4.99. The summed E-state index contributed by atoms with van der Waals surface area (Å²) in [5.41, 5.74) is 0. The molecule has 0 amide bonds. The molecule has 0 saturated carbocycles. The van der Waals surface area contributed by atoms with E-state index in [1.807, 2.05) is 0 Å². The summed E-state index contributed by atoms with van der Waals surface area (Å²) in [7, 11) is 15.0. The van der Waals surface area contributed by atoms with Gasteiger partial charge in [0.15, 0.2) is 0 Å².